The van der Waals surface area contributed by atoms with Crippen molar-refractivity contribution in [2.24, 2.45) is 0 Å². The molecule has 0 amide bonds. The predicted octanol–water partition coefficient (Wildman–Crippen LogP) is 0.803. The molecule has 2 aromatic heterocycles. The Balaban J connectivity index is 2.58. The second kappa shape index (κ2) is 3.29. The summed E-state index contributed by atoms with van der Waals surface area (Å²) in [4.78, 5) is 12.1. The molecule has 0 fully saturated rings. The van der Waals surface area contributed by atoms with E-state index in [9.17, 15) is 0 Å². The molecule has 0 aromatic carbocycles. The summed E-state index contributed by atoms with van der Waals surface area (Å²) >= 11 is 3.35. The summed E-state index contributed by atoms with van der Waals surface area (Å²) < 4.78 is 1.93. The maximum Gasteiger partial charge on any atom is 0.222 e. The number of nitrogens with two attached hydrogens (primary N) is 1. The van der Waals surface area contributed by atoms with Gasteiger partial charge in [0.05, 0.1) is 12.5 Å². The molecule has 0 atom stereocenters. The first kappa shape index (κ1) is 8.43. The van der Waals surface area contributed by atoms with Crippen LogP contribution < -0.4 is 5.73 Å². The molecule has 0 saturated carbocycles. The number of fused-ring (bicyclic) bond motifs is 1. The van der Waals surface area contributed by atoms with Crippen molar-refractivity contribution in [2.45, 2.75) is 6.54 Å². The zero-order chi connectivity index (χ0) is 9.26. The van der Waals surface area contributed by atoms with E-state index in [2.05, 4.69) is 30.9 Å². The fourth-order valence-electron chi connectivity index (χ4n) is 1.12. The van der Waals surface area contributed by atoms with Gasteiger partial charge in [-0.1, -0.05) is 15.9 Å². The van der Waals surface area contributed by atoms with E-state index in [0.29, 0.717) is 0 Å². The van der Waals surface area contributed by atoms with Gasteiger partial charge in [-0.15, -0.1) is 0 Å². The minimum atomic E-state index is 0.281. The van der Waals surface area contributed by atoms with Crippen LogP contribution in [0, 0.1) is 0 Å². The number of anilines is 1. The molecular formula is C7H8BrN5. The number of halogens is 1. The molecular weight excluding hydrogens is 234 g/mol. The summed E-state index contributed by atoms with van der Waals surface area (Å²) in [6.45, 7) is 0.826. The van der Waals surface area contributed by atoms with Gasteiger partial charge < -0.3 is 10.3 Å². The maximum atomic E-state index is 5.47. The molecule has 0 saturated heterocycles. The Morgan fingerprint density at radius 2 is 2.31 bits per heavy atom. The molecule has 0 aliphatic heterocycles. The first-order valence-electron chi connectivity index (χ1n) is 3.80. The van der Waals surface area contributed by atoms with Crippen molar-refractivity contribution >= 4 is 33.0 Å². The maximum absolute atomic E-state index is 5.47. The van der Waals surface area contributed by atoms with Crippen LogP contribution >= 0.6 is 15.9 Å². The number of hydrogen-bond donors (Lipinski definition) is 1. The fourth-order valence-corrected chi connectivity index (χ4v) is 1.51. The lowest BCUT2D eigenvalue weighted by molar-refractivity contribution is 0.791. The van der Waals surface area contributed by atoms with E-state index in [0.717, 1.165) is 23.0 Å². The summed E-state index contributed by atoms with van der Waals surface area (Å²) in [5.41, 5.74) is 7.03. The van der Waals surface area contributed by atoms with Crippen LogP contribution in [-0.2, 0) is 6.54 Å². The highest BCUT2D eigenvalue weighted by Crippen LogP contribution is 2.09. The van der Waals surface area contributed by atoms with Gasteiger partial charge in [0.1, 0.15) is 5.52 Å². The number of hydrogen-bond acceptors (Lipinski definition) is 4. The van der Waals surface area contributed by atoms with E-state index in [1.807, 2.05) is 4.57 Å². The molecule has 2 aromatic rings. The van der Waals surface area contributed by atoms with E-state index >= 15 is 0 Å². The summed E-state index contributed by atoms with van der Waals surface area (Å²) in [5, 5.41) is 0.863. The number of nitrogens with zero attached hydrogens (tertiary/aromatic N) is 4. The van der Waals surface area contributed by atoms with Gasteiger partial charge in [0.25, 0.3) is 0 Å². The molecule has 0 bridgehead atoms. The van der Waals surface area contributed by atoms with E-state index in [-0.39, 0.29) is 5.95 Å². The molecule has 68 valence electrons. The number of nitrogen functional groups attached to an aromatic ring is 1. The highest BCUT2D eigenvalue weighted by Gasteiger charge is 2.03. The van der Waals surface area contributed by atoms with Gasteiger partial charge in [0.15, 0.2) is 5.65 Å². The lowest BCUT2D eigenvalue weighted by Crippen LogP contribution is -2.00. The van der Waals surface area contributed by atoms with Gasteiger partial charge in [-0.05, 0) is 0 Å². The van der Waals surface area contributed by atoms with Crippen molar-refractivity contribution in [3.05, 3.63) is 12.5 Å². The monoisotopic (exact) mass is 241 g/mol. The minimum absolute atomic E-state index is 0.281. The Kier molecular flexibility index (Phi) is 2.13. The summed E-state index contributed by atoms with van der Waals surface area (Å²) in [6.07, 6.45) is 3.36. The van der Waals surface area contributed by atoms with E-state index < -0.39 is 0 Å². The molecule has 2 rings (SSSR count). The highest BCUT2D eigenvalue weighted by atomic mass is 79.9. The van der Waals surface area contributed by atoms with Gasteiger partial charge in [0.2, 0.25) is 5.95 Å². The Labute approximate surface area is 83.1 Å². The van der Waals surface area contributed by atoms with Crippen LogP contribution in [0.2, 0.25) is 0 Å². The van der Waals surface area contributed by atoms with Crippen molar-refractivity contribution in [2.75, 3.05) is 11.1 Å². The lowest BCUT2D eigenvalue weighted by atomic mass is 10.5. The van der Waals surface area contributed by atoms with Crippen molar-refractivity contribution in [3.8, 4) is 0 Å². The largest absolute Gasteiger partial charge is 0.368 e. The number of rotatable bonds is 2. The van der Waals surface area contributed by atoms with Crippen LogP contribution in [0.4, 0.5) is 5.95 Å². The first-order chi connectivity index (χ1) is 6.31. The number of aromatic nitrogens is 4. The van der Waals surface area contributed by atoms with Gasteiger partial charge in [-0.25, -0.2) is 9.97 Å². The number of imidazole rings is 1. The van der Waals surface area contributed by atoms with E-state index in [1.165, 1.54) is 0 Å². The van der Waals surface area contributed by atoms with Crippen LogP contribution in [-0.4, -0.2) is 24.8 Å². The van der Waals surface area contributed by atoms with Gasteiger partial charge in [-0.3, -0.25) is 0 Å². The number of aryl methyl sites for hydroxylation is 1. The molecule has 5 nitrogen and oxygen atoms in total. The third-order valence-corrected chi connectivity index (χ3v) is 2.06. The molecule has 6 heteroatoms. The Morgan fingerprint density at radius 1 is 1.46 bits per heavy atom. The van der Waals surface area contributed by atoms with Crippen molar-refractivity contribution in [3.63, 3.8) is 0 Å². The number of alkyl halides is 1. The molecule has 0 unspecified atom stereocenters. The van der Waals surface area contributed by atoms with Crippen LogP contribution in [0.25, 0.3) is 11.2 Å². The quantitative estimate of drug-likeness (QED) is 0.791. The van der Waals surface area contributed by atoms with Gasteiger partial charge in [0, 0.05) is 11.9 Å². The Bertz CT molecular complexity index is 424. The topological polar surface area (TPSA) is 69.6 Å². The van der Waals surface area contributed by atoms with Crippen LogP contribution in [0.15, 0.2) is 12.5 Å². The molecule has 0 spiro atoms. The third kappa shape index (κ3) is 1.49. The molecule has 0 radical (unpaired) electrons. The smallest absolute Gasteiger partial charge is 0.222 e. The predicted molar refractivity (Wildman–Crippen MR) is 53.5 cm³/mol. The average Bonchev–Trinajstić information content (AvgIpc) is 2.49. The zero-order valence-corrected chi connectivity index (χ0v) is 8.40. The molecule has 13 heavy (non-hydrogen) atoms. The summed E-state index contributed by atoms with van der Waals surface area (Å²) in [6, 6.07) is 0. The summed E-state index contributed by atoms with van der Waals surface area (Å²) in [5.74, 6) is 0.281. The molecule has 0 aliphatic rings. The molecule has 0 aliphatic carbocycles. The van der Waals surface area contributed by atoms with E-state index in [1.54, 1.807) is 12.5 Å². The van der Waals surface area contributed by atoms with Gasteiger partial charge in [-0.2, -0.15) is 4.98 Å². The second-order valence-corrected chi connectivity index (χ2v) is 3.36. The normalized spacial score (nSPS) is 10.8. The Morgan fingerprint density at radius 3 is 3.08 bits per heavy atom. The standard InChI is InChI=1S/C7H8BrN5/c8-1-2-13-4-11-5-3-10-7(9)12-6(5)13/h3-4H,1-2H2,(H2,9,10,12). The van der Waals surface area contributed by atoms with Crippen LogP contribution in [0.5, 0.6) is 0 Å². The van der Waals surface area contributed by atoms with Crippen LogP contribution in [0.1, 0.15) is 0 Å². The third-order valence-electron chi connectivity index (χ3n) is 1.70. The van der Waals surface area contributed by atoms with Crippen molar-refractivity contribution < 1.29 is 0 Å². The van der Waals surface area contributed by atoms with Crippen molar-refractivity contribution in [1.82, 2.24) is 19.5 Å². The van der Waals surface area contributed by atoms with E-state index in [4.69, 9.17) is 5.73 Å². The van der Waals surface area contributed by atoms with Crippen molar-refractivity contribution in [1.29, 1.82) is 0 Å². The minimum Gasteiger partial charge on any atom is -0.368 e. The lowest BCUT2D eigenvalue weighted by Gasteiger charge is -1.98. The average molecular weight is 242 g/mol. The molecule has 2 heterocycles. The van der Waals surface area contributed by atoms with Crippen LogP contribution in [0.3, 0.4) is 0 Å². The zero-order valence-electron chi connectivity index (χ0n) is 6.81. The van der Waals surface area contributed by atoms with Gasteiger partial charge >= 0.3 is 0 Å². The summed E-state index contributed by atoms with van der Waals surface area (Å²) in [7, 11) is 0. The fraction of sp³-hybridized carbons (Fsp3) is 0.286. The Hall–Kier alpha value is -1.17. The first-order valence-corrected chi connectivity index (χ1v) is 4.92. The second-order valence-electron chi connectivity index (χ2n) is 2.56. The highest BCUT2D eigenvalue weighted by molar-refractivity contribution is 9.09. The SMILES string of the molecule is Nc1ncc2ncn(CCBr)c2n1. The molecule has 2 N–H and O–H groups in total.